The molecule has 5 nitrogen and oxygen atoms in total. The van der Waals surface area contributed by atoms with E-state index in [2.05, 4.69) is 49.6 Å². The van der Waals surface area contributed by atoms with E-state index in [1.54, 1.807) is 11.8 Å². The van der Waals surface area contributed by atoms with Gasteiger partial charge in [-0.1, -0.05) is 55.7 Å². The number of esters is 1. The SMILES string of the molecule is CCN(CC)c1cccc(N=C2SCC(C)(C)CN2C(=S)SCC(=O)OC(C)(C)C)c1. The molecule has 0 unspecified atom stereocenters. The summed E-state index contributed by atoms with van der Waals surface area (Å²) in [5.41, 5.74) is 1.69. The molecule has 1 fully saturated rings. The second-order valence-electron chi connectivity index (χ2n) is 9.27. The van der Waals surface area contributed by atoms with E-state index < -0.39 is 5.60 Å². The second-order valence-corrected chi connectivity index (χ2v) is 11.8. The third kappa shape index (κ3) is 8.31. The van der Waals surface area contributed by atoms with Crippen molar-refractivity contribution in [1.29, 1.82) is 0 Å². The third-order valence-corrected chi connectivity index (χ3v) is 7.46. The molecule has 1 aliphatic rings. The molecule has 1 aliphatic heterocycles. The highest BCUT2D eigenvalue weighted by Gasteiger charge is 2.33. The molecule has 0 aliphatic carbocycles. The molecule has 0 amide bonds. The third-order valence-electron chi connectivity index (χ3n) is 4.55. The van der Waals surface area contributed by atoms with E-state index in [1.807, 2.05) is 32.9 Å². The van der Waals surface area contributed by atoms with Crippen LogP contribution < -0.4 is 4.90 Å². The molecular weight excluding hydrogens is 446 g/mol. The quantitative estimate of drug-likeness (QED) is 0.367. The van der Waals surface area contributed by atoms with Gasteiger partial charge in [0.1, 0.15) is 9.92 Å². The van der Waals surface area contributed by atoms with Crippen molar-refractivity contribution >= 4 is 62.6 Å². The summed E-state index contributed by atoms with van der Waals surface area (Å²) in [4.78, 5) is 21.5. The molecule has 0 bridgehead atoms. The van der Waals surface area contributed by atoms with Crippen molar-refractivity contribution in [1.82, 2.24) is 4.90 Å². The lowest BCUT2D eigenvalue weighted by atomic mass is 9.96. The van der Waals surface area contributed by atoms with Gasteiger partial charge >= 0.3 is 5.97 Å². The first-order valence-electron chi connectivity index (χ1n) is 10.7. The summed E-state index contributed by atoms with van der Waals surface area (Å²) in [6, 6.07) is 8.31. The van der Waals surface area contributed by atoms with Crippen LogP contribution in [0.15, 0.2) is 29.3 Å². The number of benzene rings is 1. The Labute approximate surface area is 201 Å². The second kappa shape index (κ2) is 11.1. The molecule has 2 rings (SSSR count). The topological polar surface area (TPSA) is 45.1 Å². The molecule has 0 aromatic heterocycles. The van der Waals surface area contributed by atoms with Crippen LogP contribution in [0.3, 0.4) is 0 Å². The standard InChI is InChI=1S/C23H35N3O2S3/c1-8-25(9-2)18-12-10-11-17(13-18)24-20-26(15-23(6,7)16-31-20)21(29)30-14-19(27)28-22(3,4)5/h10-13H,8-9,14-16H2,1-7H3. The Morgan fingerprint density at radius 2 is 2.00 bits per heavy atom. The van der Waals surface area contributed by atoms with Gasteiger partial charge in [-0.05, 0) is 58.2 Å². The lowest BCUT2D eigenvalue weighted by Gasteiger charge is -2.39. The minimum Gasteiger partial charge on any atom is -0.459 e. The summed E-state index contributed by atoms with van der Waals surface area (Å²) in [6.45, 7) is 17.1. The summed E-state index contributed by atoms with van der Waals surface area (Å²) in [7, 11) is 0. The average molecular weight is 482 g/mol. The molecule has 0 N–H and O–H groups in total. The van der Waals surface area contributed by atoms with Crippen molar-refractivity contribution < 1.29 is 9.53 Å². The Morgan fingerprint density at radius 1 is 1.32 bits per heavy atom. The molecule has 1 heterocycles. The van der Waals surface area contributed by atoms with Gasteiger partial charge in [-0.2, -0.15) is 0 Å². The number of amidine groups is 1. The number of carbonyl (C=O) groups excluding carboxylic acids is 1. The van der Waals surface area contributed by atoms with Gasteiger partial charge in [0, 0.05) is 31.1 Å². The minimum absolute atomic E-state index is 0.100. The fourth-order valence-corrected chi connectivity index (χ4v) is 5.29. The predicted molar refractivity (Wildman–Crippen MR) is 141 cm³/mol. The summed E-state index contributed by atoms with van der Waals surface area (Å²) >= 11 is 8.77. The zero-order valence-corrected chi connectivity index (χ0v) is 22.2. The smallest absolute Gasteiger partial charge is 0.316 e. The first kappa shape index (κ1) is 26.0. The number of thiocarbonyl (C=S) groups is 1. The lowest BCUT2D eigenvalue weighted by Crippen LogP contribution is -2.45. The van der Waals surface area contributed by atoms with Gasteiger partial charge in [0.05, 0.1) is 11.4 Å². The Morgan fingerprint density at radius 3 is 2.61 bits per heavy atom. The maximum Gasteiger partial charge on any atom is 0.316 e. The number of carbonyl (C=O) groups is 1. The molecule has 8 heteroatoms. The van der Waals surface area contributed by atoms with Gasteiger partial charge in [0.2, 0.25) is 0 Å². The minimum atomic E-state index is -0.495. The molecule has 1 aromatic carbocycles. The fraction of sp³-hybridized carbons (Fsp3) is 0.609. The molecule has 31 heavy (non-hydrogen) atoms. The highest BCUT2D eigenvalue weighted by molar-refractivity contribution is 8.23. The van der Waals surface area contributed by atoms with E-state index in [-0.39, 0.29) is 17.1 Å². The number of nitrogens with zero attached hydrogens (tertiary/aromatic N) is 3. The Balaban J connectivity index is 2.20. The van der Waals surface area contributed by atoms with E-state index >= 15 is 0 Å². The average Bonchev–Trinajstić information content (AvgIpc) is 2.67. The van der Waals surface area contributed by atoms with Crippen LogP contribution in [0.4, 0.5) is 11.4 Å². The number of hydrogen-bond acceptors (Lipinski definition) is 7. The van der Waals surface area contributed by atoms with Crippen LogP contribution in [0, 0.1) is 5.41 Å². The Hall–Kier alpha value is -1.25. The van der Waals surface area contributed by atoms with Gasteiger partial charge in [0.25, 0.3) is 0 Å². The van der Waals surface area contributed by atoms with E-state index in [4.69, 9.17) is 21.9 Å². The first-order chi connectivity index (χ1) is 14.4. The monoisotopic (exact) mass is 481 g/mol. The molecule has 0 saturated carbocycles. The predicted octanol–water partition coefficient (Wildman–Crippen LogP) is 5.96. The van der Waals surface area contributed by atoms with Crippen molar-refractivity contribution in [2.45, 2.75) is 54.1 Å². The van der Waals surface area contributed by atoms with E-state index in [9.17, 15) is 4.79 Å². The number of rotatable bonds is 6. The lowest BCUT2D eigenvalue weighted by molar-refractivity contribution is -0.151. The molecule has 1 aromatic rings. The van der Waals surface area contributed by atoms with Gasteiger partial charge in [-0.3, -0.25) is 4.79 Å². The van der Waals surface area contributed by atoms with Crippen molar-refractivity contribution in [3.8, 4) is 0 Å². The zero-order valence-electron chi connectivity index (χ0n) is 19.7. The number of aliphatic imine (C=N–C) groups is 1. The Kier molecular flexibility index (Phi) is 9.27. The highest BCUT2D eigenvalue weighted by atomic mass is 32.2. The van der Waals surface area contributed by atoms with Gasteiger partial charge in [-0.25, -0.2) is 4.99 Å². The molecule has 0 atom stereocenters. The largest absolute Gasteiger partial charge is 0.459 e. The van der Waals surface area contributed by atoms with Crippen LogP contribution in [0.5, 0.6) is 0 Å². The molecule has 172 valence electrons. The van der Waals surface area contributed by atoms with E-state index in [0.717, 1.165) is 36.2 Å². The Bertz CT molecular complexity index is 815. The zero-order chi connectivity index (χ0) is 23.2. The van der Waals surface area contributed by atoms with Crippen LogP contribution in [-0.4, -0.2) is 57.1 Å². The number of ether oxygens (including phenoxy) is 1. The fourth-order valence-electron chi connectivity index (χ4n) is 3.14. The van der Waals surface area contributed by atoms with Crippen molar-refractivity contribution in [3.05, 3.63) is 24.3 Å². The van der Waals surface area contributed by atoms with Crippen LogP contribution in [0.25, 0.3) is 0 Å². The highest BCUT2D eigenvalue weighted by Crippen LogP contribution is 2.35. The summed E-state index contributed by atoms with van der Waals surface area (Å²) in [6.07, 6.45) is 0. The summed E-state index contributed by atoms with van der Waals surface area (Å²) < 4.78 is 6.07. The van der Waals surface area contributed by atoms with Gasteiger partial charge in [-0.15, -0.1) is 0 Å². The van der Waals surface area contributed by atoms with Crippen molar-refractivity contribution in [3.63, 3.8) is 0 Å². The molecule has 1 saturated heterocycles. The number of thioether (sulfide) groups is 2. The molecule has 0 radical (unpaired) electrons. The van der Waals surface area contributed by atoms with Crippen LogP contribution in [-0.2, 0) is 9.53 Å². The van der Waals surface area contributed by atoms with Gasteiger partial charge < -0.3 is 14.5 Å². The van der Waals surface area contributed by atoms with Crippen LogP contribution in [0.2, 0.25) is 0 Å². The number of anilines is 1. The summed E-state index contributed by atoms with van der Waals surface area (Å²) in [5, 5.41) is 0.887. The maximum absolute atomic E-state index is 12.1. The molecule has 0 spiro atoms. The maximum atomic E-state index is 12.1. The van der Waals surface area contributed by atoms with Crippen LogP contribution in [0.1, 0.15) is 48.5 Å². The van der Waals surface area contributed by atoms with Gasteiger partial charge in [0.15, 0.2) is 5.17 Å². The normalized spacial score (nSPS) is 17.5. The first-order valence-corrected chi connectivity index (χ1v) is 13.0. The summed E-state index contributed by atoms with van der Waals surface area (Å²) in [5.74, 6) is 0.911. The van der Waals surface area contributed by atoms with E-state index in [0.29, 0.717) is 4.32 Å². The van der Waals surface area contributed by atoms with E-state index in [1.165, 1.54) is 17.4 Å². The van der Waals surface area contributed by atoms with Crippen molar-refractivity contribution in [2.24, 2.45) is 10.4 Å². The number of hydrogen-bond donors (Lipinski definition) is 0. The van der Waals surface area contributed by atoms with Crippen molar-refractivity contribution in [2.75, 3.05) is 36.0 Å². The van der Waals surface area contributed by atoms with Crippen LogP contribution >= 0.6 is 35.7 Å². The molecular formula is C23H35N3O2S3.